The van der Waals surface area contributed by atoms with Gasteiger partial charge in [0, 0.05) is 11.1 Å². The van der Waals surface area contributed by atoms with Gasteiger partial charge in [-0.3, -0.25) is 0 Å². The Labute approximate surface area is 369 Å². The first kappa shape index (κ1) is 35.2. The Hall–Kier alpha value is -8.39. The highest BCUT2D eigenvalue weighted by Gasteiger charge is 2.27. The molecular weight excluding hydrogens is 771 g/mol. The van der Waals surface area contributed by atoms with Crippen LogP contribution in [0.25, 0.3) is 142 Å². The summed E-state index contributed by atoms with van der Waals surface area (Å²) in [5.41, 5.74) is 11.7. The number of hydrogen-bond acceptors (Lipinski definition) is 1. The van der Waals surface area contributed by atoms with Crippen molar-refractivity contribution < 1.29 is 0 Å². The summed E-state index contributed by atoms with van der Waals surface area (Å²) in [6.45, 7) is 0. The van der Waals surface area contributed by atoms with Gasteiger partial charge >= 0.3 is 0 Å². The first-order valence-corrected chi connectivity index (χ1v) is 22.2. The van der Waals surface area contributed by atoms with E-state index >= 15 is 0 Å². The van der Waals surface area contributed by atoms with Gasteiger partial charge in [0.15, 0.2) is 0 Å². The first-order chi connectivity index (χ1) is 31.8. The lowest BCUT2D eigenvalue weighted by molar-refractivity contribution is 1.32. The van der Waals surface area contributed by atoms with Crippen LogP contribution in [0.5, 0.6) is 0 Å². The number of nitrogens with zero attached hydrogens (tertiary/aromatic N) is 1. The van der Waals surface area contributed by atoms with Gasteiger partial charge in [0.1, 0.15) is 0 Å². The fourth-order valence-corrected chi connectivity index (χ4v) is 11.2. The molecule has 14 aromatic rings. The van der Waals surface area contributed by atoms with Crippen LogP contribution in [0.4, 0.5) is 0 Å². The predicted molar refractivity (Wildman–Crippen MR) is 274 cm³/mol. The number of pyridine rings is 1. The van der Waals surface area contributed by atoms with E-state index in [1.54, 1.807) is 0 Å². The molecule has 0 fully saturated rings. The number of hydrogen-bond donors (Lipinski definition) is 0. The van der Waals surface area contributed by atoms with Crippen molar-refractivity contribution in [2.75, 3.05) is 0 Å². The van der Waals surface area contributed by atoms with Crippen molar-refractivity contribution in [1.82, 2.24) is 4.98 Å². The molecule has 0 N–H and O–H groups in total. The van der Waals surface area contributed by atoms with Gasteiger partial charge in [0.25, 0.3) is 0 Å². The van der Waals surface area contributed by atoms with Gasteiger partial charge in [-0.05, 0) is 150 Å². The summed E-state index contributed by atoms with van der Waals surface area (Å²) in [6.07, 6.45) is 0. The minimum atomic E-state index is 0.975. The predicted octanol–water partition coefficient (Wildman–Crippen LogP) is 17.5. The molecule has 1 aromatic heterocycles. The van der Waals surface area contributed by atoms with Gasteiger partial charge in [-0.15, -0.1) is 0 Å². The lowest BCUT2D eigenvalue weighted by Crippen LogP contribution is -1.91. The van der Waals surface area contributed by atoms with E-state index in [1.807, 2.05) is 6.07 Å². The molecule has 1 heterocycles. The number of rotatable bonds is 5. The van der Waals surface area contributed by atoms with Gasteiger partial charge in [0.2, 0.25) is 0 Å². The smallest absolute Gasteiger partial charge is 0.0709 e. The van der Waals surface area contributed by atoms with E-state index in [2.05, 4.69) is 218 Å². The van der Waals surface area contributed by atoms with Crippen LogP contribution < -0.4 is 0 Å². The maximum absolute atomic E-state index is 5.06. The molecule has 0 aliphatic heterocycles. The van der Waals surface area contributed by atoms with Crippen molar-refractivity contribution >= 4 is 86.2 Å². The topological polar surface area (TPSA) is 12.9 Å². The molecule has 14 rings (SSSR count). The van der Waals surface area contributed by atoms with Crippen LogP contribution >= 0.6 is 0 Å². The number of aromatic nitrogens is 1. The SMILES string of the molecule is c1ccc(-c2cccc(-c3ccc4cc(-c5ccc6c7c(-c8ccccc8)c8cc9c%10ccccc%10c%10cccc(c8c(-c8ccccc8)c7c7cccc5c67)c%109)ccc4c3)n2)cc1. The second kappa shape index (κ2) is 13.6. The van der Waals surface area contributed by atoms with Gasteiger partial charge in [-0.2, -0.15) is 0 Å². The van der Waals surface area contributed by atoms with Crippen molar-refractivity contribution in [3.63, 3.8) is 0 Å². The van der Waals surface area contributed by atoms with Gasteiger partial charge < -0.3 is 0 Å². The summed E-state index contributed by atoms with van der Waals surface area (Å²) in [5, 5.41) is 20.8. The molecule has 1 heteroatoms. The molecule has 13 aromatic carbocycles. The highest BCUT2D eigenvalue weighted by Crippen LogP contribution is 2.55. The van der Waals surface area contributed by atoms with Crippen LogP contribution in [0.1, 0.15) is 0 Å². The molecule has 0 bridgehead atoms. The molecule has 0 saturated carbocycles. The zero-order chi connectivity index (χ0) is 41.9. The first-order valence-electron chi connectivity index (χ1n) is 22.2. The summed E-state index contributed by atoms with van der Waals surface area (Å²) in [4.78, 5) is 5.06. The van der Waals surface area contributed by atoms with Crippen LogP contribution in [0.2, 0.25) is 0 Å². The average molecular weight is 808 g/mol. The normalized spacial score (nSPS) is 12.1. The third-order valence-electron chi connectivity index (χ3n) is 13.9. The number of fused-ring (bicyclic) bond motifs is 9. The van der Waals surface area contributed by atoms with Crippen molar-refractivity contribution in [3.05, 3.63) is 224 Å². The second-order valence-electron chi connectivity index (χ2n) is 17.3. The highest BCUT2D eigenvalue weighted by atomic mass is 14.7. The molecule has 0 aliphatic rings. The van der Waals surface area contributed by atoms with E-state index < -0.39 is 0 Å². The van der Waals surface area contributed by atoms with Gasteiger partial charge in [-0.1, -0.05) is 194 Å². The molecule has 0 atom stereocenters. The molecule has 1 nitrogen and oxygen atoms in total. The number of benzene rings is 11. The molecule has 0 unspecified atom stereocenters. The zero-order valence-electron chi connectivity index (χ0n) is 34.8. The fraction of sp³-hybridized carbons (Fsp3) is 0. The maximum atomic E-state index is 5.06. The summed E-state index contributed by atoms with van der Waals surface area (Å²) in [7, 11) is 0. The maximum Gasteiger partial charge on any atom is 0.0709 e. The van der Waals surface area contributed by atoms with Gasteiger partial charge in [-0.25, -0.2) is 4.98 Å². The largest absolute Gasteiger partial charge is 0.248 e. The lowest BCUT2D eigenvalue weighted by Gasteiger charge is -2.19. The summed E-state index contributed by atoms with van der Waals surface area (Å²) in [5.74, 6) is 0. The summed E-state index contributed by atoms with van der Waals surface area (Å²) >= 11 is 0. The lowest BCUT2D eigenvalue weighted by atomic mass is 9.84. The molecule has 294 valence electrons. The zero-order valence-corrected chi connectivity index (χ0v) is 34.8. The highest BCUT2D eigenvalue weighted by molar-refractivity contribution is 6.45. The Morgan fingerprint density at radius 3 is 1.42 bits per heavy atom. The Balaban J connectivity index is 1.04. The van der Waals surface area contributed by atoms with E-state index in [4.69, 9.17) is 4.98 Å². The van der Waals surface area contributed by atoms with Crippen LogP contribution in [0.15, 0.2) is 224 Å². The Bertz CT molecular complexity index is 4150. The second-order valence-corrected chi connectivity index (χ2v) is 17.3. The minimum Gasteiger partial charge on any atom is -0.248 e. The molecule has 0 saturated heterocycles. The molecule has 0 radical (unpaired) electrons. The summed E-state index contributed by atoms with van der Waals surface area (Å²) < 4.78 is 0. The molecule has 0 spiro atoms. The third kappa shape index (κ3) is 5.04. The van der Waals surface area contributed by atoms with E-state index in [9.17, 15) is 0 Å². The van der Waals surface area contributed by atoms with Crippen LogP contribution in [0, 0.1) is 0 Å². The fourth-order valence-electron chi connectivity index (χ4n) is 11.2. The average Bonchev–Trinajstić information content (AvgIpc) is 3.87. The van der Waals surface area contributed by atoms with Crippen LogP contribution in [-0.4, -0.2) is 4.98 Å². The molecule has 0 amide bonds. The van der Waals surface area contributed by atoms with Gasteiger partial charge in [0.05, 0.1) is 11.4 Å². The van der Waals surface area contributed by atoms with Crippen LogP contribution in [0.3, 0.4) is 0 Å². The third-order valence-corrected chi connectivity index (χ3v) is 13.9. The van der Waals surface area contributed by atoms with E-state index in [0.717, 1.165) is 22.5 Å². The summed E-state index contributed by atoms with van der Waals surface area (Å²) in [6, 6.07) is 82.8. The Morgan fingerprint density at radius 2 is 0.703 bits per heavy atom. The standard InChI is InChI=1S/C63H37N/c1-4-15-38(16-5-1)55-27-14-28-56(64-55)44-32-30-41-35-43(31-29-42(41)36-44)45-33-34-52-59-48(45)23-12-26-51(59)63-58(40-19-8-3-9-20-40)61-50-25-13-24-49-46-21-10-11-22-47(46)53(60(49)50)37-54(61)57(62(52)63)39-17-6-2-7-18-39/h1-37H. The Morgan fingerprint density at radius 1 is 0.219 bits per heavy atom. The van der Waals surface area contributed by atoms with Crippen LogP contribution in [-0.2, 0) is 0 Å². The molecule has 64 heavy (non-hydrogen) atoms. The molecule has 0 aliphatic carbocycles. The van der Waals surface area contributed by atoms with E-state index in [0.29, 0.717) is 0 Å². The quantitative estimate of drug-likeness (QED) is 0.158. The van der Waals surface area contributed by atoms with E-state index in [-0.39, 0.29) is 0 Å². The van der Waals surface area contributed by atoms with Crippen molar-refractivity contribution in [2.45, 2.75) is 0 Å². The van der Waals surface area contributed by atoms with E-state index in [1.165, 1.54) is 120 Å². The molecular formula is C63H37N. The Kier molecular flexibility index (Phi) is 7.46. The van der Waals surface area contributed by atoms with Crippen molar-refractivity contribution in [3.8, 4) is 55.9 Å². The monoisotopic (exact) mass is 807 g/mol. The van der Waals surface area contributed by atoms with Crippen molar-refractivity contribution in [1.29, 1.82) is 0 Å². The van der Waals surface area contributed by atoms with Crippen molar-refractivity contribution in [2.24, 2.45) is 0 Å². The minimum absolute atomic E-state index is 0.975.